The average Bonchev–Trinajstić information content (AvgIpc) is 2.17. The van der Waals surface area contributed by atoms with Crippen molar-refractivity contribution in [2.24, 2.45) is 0 Å². The van der Waals surface area contributed by atoms with E-state index in [1.165, 1.54) is 0 Å². The van der Waals surface area contributed by atoms with Gasteiger partial charge in [-0.15, -0.1) is 0 Å². The van der Waals surface area contributed by atoms with Gasteiger partial charge < -0.3 is 10.1 Å². The molecule has 4 heteroatoms. The molecule has 0 heterocycles. The monoisotopic (exact) mass is 269 g/mol. The van der Waals surface area contributed by atoms with Crippen LogP contribution < -0.4 is 5.32 Å². The molecule has 0 fully saturated rings. The highest BCUT2D eigenvalue weighted by Gasteiger charge is 2.06. The SMILES string of the molecule is C[C@@H](C=O)NC(=O)Cc1cccc(Br)c1. The molecule has 0 bridgehead atoms. The van der Waals surface area contributed by atoms with E-state index in [-0.39, 0.29) is 12.3 Å². The third-order valence-corrected chi connectivity index (χ3v) is 2.34. The molecule has 0 radical (unpaired) electrons. The fraction of sp³-hybridized carbons (Fsp3) is 0.273. The van der Waals surface area contributed by atoms with E-state index < -0.39 is 6.04 Å². The van der Waals surface area contributed by atoms with E-state index in [1.54, 1.807) is 6.92 Å². The highest BCUT2D eigenvalue weighted by atomic mass is 79.9. The average molecular weight is 270 g/mol. The third-order valence-electron chi connectivity index (χ3n) is 1.85. The van der Waals surface area contributed by atoms with E-state index in [1.807, 2.05) is 24.3 Å². The summed E-state index contributed by atoms with van der Waals surface area (Å²) in [7, 11) is 0. The zero-order valence-corrected chi connectivity index (χ0v) is 9.95. The molecule has 15 heavy (non-hydrogen) atoms. The molecule has 1 rings (SSSR count). The van der Waals surface area contributed by atoms with Crippen molar-refractivity contribution in [2.75, 3.05) is 0 Å². The molecule has 0 saturated carbocycles. The molecule has 1 atom stereocenters. The first-order chi connectivity index (χ1) is 7.11. The molecule has 0 aliphatic carbocycles. The van der Waals surface area contributed by atoms with Crippen LogP contribution in [0.2, 0.25) is 0 Å². The van der Waals surface area contributed by atoms with Crippen LogP contribution in [0.15, 0.2) is 28.7 Å². The van der Waals surface area contributed by atoms with E-state index in [0.717, 1.165) is 10.0 Å². The van der Waals surface area contributed by atoms with Gasteiger partial charge in [0.05, 0.1) is 12.5 Å². The lowest BCUT2D eigenvalue weighted by molar-refractivity contribution is -0.123. The summed E-state index contributed by atoms with van der Waals surface area (Å²) in [5.41, 5.74) is 0.917. The zero-order chi connectivity index (χ0) is 11.3. The summed E-state index contributed by atoms with van der Waals surface area (Å²) >= 11 is 3.33. The number of carbonyl (C=O) groups is 2. The number of benzene rings is 1. The predicted octanol–water partition coefficient (Wildman–Crippen LogP) is 1.70. The molecule has 0 saturated heterocycles. The van der Waals surface area contributed by atoms with Crippen LogP contribution in [0.3, 0.4) is 0 Å². The largest absolute Gasteiger partial charge is 0.347 e. The van der Waals surface area contributed by atoms with Gasteiger partial charge in [0.1, 0.15) is 6.29 Å². The lowest BCUT2D eigenvalue weighted by Gasteiger charge is -2.07. The molecule has 1 N–H and O–H groups in total. The van der Waals surface area contributed by atoms with Crippen LogP contribution in [-0.4, -0.2) is 18.2 Å². The number of halogens is 1. The molecular weight excluding hydrogens is 258 g/mol. The Hall–Kier alpha value is -1.16. The van der Waals surface area contributed by atoms with E-state index >= 15 is 0 Å². The van der Waals surface area contributed by atoms with Crippen LogP contribution in [0.25, 0.3) is 0 Å². The lowest BCUT2D eigenvalue weighted by Crippen LogP contribution is -2.34. The predicted molar refractivity (Wildman–Crippen MR) is 61.5 cm³/mol. The fourth-order valence-corrected chi connectivity index (χ4v) is 1.62. The van der Waals surface area contributed by atoms with Crippen LogP contribution in [0.5, 0.6) is 0 Å². The van der Waals surface area contributed by atoms with E-state index in [9.17, 15) is 9.59 Å². The fourth-order valence-electron chi connectivity index (χ4n) is 1.17. The minimum absolute atomic E-state index is 0.146. The van der Waals surface area contributed by atoms with Gasteiger partial charge in [0.15, 0.2) is 0 Å². The normalized spacial score (nSPS) is 11.9. The molecule has 3 nitrogen and oxygen atoms in total. The van der Waals surface area contributed by atoms with Gasteiger partial charge in [-0.05, 0) is 24.6 Å². The molecule has 1 aromatic rings. The second-order valence-corrected chi connectivity index (χ2v) is 4.21. The highest BCUT2D eigenvalue weighted by Crippen LogP contribution is 2.11. The van der Waals surface area contributed by atoms with E-state index in [4.69, 9.17) is 0 Å². The number of aldehydes is 1. The van der Waals surface area contributed by atoms with Gasteiger partial charge in [-0.3, -0.25) is 4.79 Å². The Balaban J connectivity index is 2.55. The Morgan fingerprint density at radius 1 is 1.60 bits per heavy atom. The van der Waals surface area contributed by atoms with Crippen molar-refractivity contribution in [3.63, 3.8) is 0 Å². The summed E-state index contributed by atoms with van der Waals surface area (Å²) in [5, 5.41) is 2.58. The van der Waals surface area contributed by atoms with Crippen LogP contribution in [-0.2, 0) is 16.0 Å². The molecule has 1 aromatic carbocycles. The Bertz CT molecular complexity index is 365. The second kappa shape index (κ2) is 5.66. The smallest absolute Gasteiger partial charge is 0.224 e. The topological polar surface area (TPSA) is 46.2 Å². The van der Waals surface area contributed by atoms with Crippen molar-refractivity contribution in [2.45, 2.75) is 19.4 Å². The minimum atomic E-state index is -0.426. The lowest BCUT2D eigenvalue weighted by atomic mass is 10.1. The summed E-state index contributed by atoms with van der Waals surface area (Å²) in [4.78, 5) is 21.7. The maximum Gasteiger partial charge on any atom is 0.224 e. The Morgan fingerprint density at radius 3 is 2.93 bits per heavy atom. The van der Waals surface area contributed by atoms with E-state index in [0.29, 0.717) is 6.29 Å². The van der Waals surface area contributed by atoms with E-state index in [2.05, 4.69) is 21.2 Å². The number of rotatable bonds is 4. The number of hydrogen-bond donors (Lipinski definition) is 1. The minimum Gasteiger partial charge on any atom is -0.347 e. The number of amides is 1. The zero-order valence-electron chi connectivity index (χ0n) is 8.37. The van der Waals surface area contributed by atoms with Crippen molar-refractivity contribution in [3.05, 3.63) is 34.3 Å². The Kier molecular flexibility index (Phi) is 4.49. The molecule has 0 aliphatic heterocycles. The molecule has 0 aliphatic rings. The quantitative estimate of drug-likeness (QED) is 0.846. The Labute approximate surface area is 97.0 Å². The van der Waals surface area contributed by atoms with Crippen molar-refractivity contribution >= 4 is 28.1 Å². The number of nitrogens with one attached hydrogen (secondary N) is 1. The van der Waals surface area contributed by atoms with Gasteiger partial charge in [-0.2, -0.15) is 0 Å². The van der Waals surface area contributed by atoms with Gasteiger partial charge in [0, 0.05) is 4.47 Å². The highest BCUT2D eigenvalue weighted by molar-refractivity contribution is 9.10. The van der Waals surface area contributed by atoms with Crippen LogP contribution in [0, 0.1) is 0 Å². The molecule has 1 amide bonds. The number of hydrogen-bond acceptors (Lipinski definition) is 2. The van der Waals surface area contributed by atoms with Crippen LogP contribution >= 0.6 is 15.9 Å². The molecular formula is C11H12BrNO2. The van der Waals surface area contributed by atoms with Crippen molar-refractivity contribution < 1.29 is 9.59 Å². The summed E-state index contributed by atoms with van der Waals surface area (Å²) in [6.45, 7) is 1.64. The summed E-state index contributed by atoms with van der Waals surface area (Å²) in [5.74, 6) is -0.146. The Morgan fingerprint density at radius 2 is 2.33 bits per heavy atom. The second-order valence-electron chi connectivity index (χ2n) is 3.30. The van der Waals surface area contributed by atoms with Crippen LogP contribution in [0.1, 0.15) is 12.5 Å². The van der Waals surface area contributed by atoms with Crippen LogP contribution in [0.4, 0.5) is 0 Å². The third kappa shape index (κ3) is 4.25. The van der Waals surface area contributed by atoms with Gasteiger partial charge in [-0.1, -0.05) is 28.1 Å². The first-order valence-electron chi connectivity index (χ1n) is 4.61. The maximum absolute atomic E-state index is 11.4. The molecule has 0 unspecified atom stereocenters. The van der Waals surface area contributed by atoms with Gasteiger partial charge in [0.2, 0.25) is 5.91 Å². The van der Waals surface area contributed by atoms with Gasteiger partial charge in [0.25, 0.3) is 0 Å². The van der Waals surface area contributed by atoms with Gasteiger partial charge >= 0.3 is 0 Å². The molecule has 80 valence electrons. The van der Waals surface area contributed by atoms with Crippen molar-refractivity contribution in [1.29, 1.82) is 0 Å². The number of carbonyl (C=O) groups excluding carboxylic acids is 2. The van der Waals surface area contributed by atoms with Gasteiger partial charge in [-0.25, -0.2) is 0 Å². The first kappa shape index (κ1) is 11.9. The molecule has 0 aromatic heterocycles. The maximum atomic E-state index is 11.4. The summed E-state index contributed by atoms with van der Waals surface area (Å²) < 4.78 is 0.941. The standard InChI is InChI=1S/C11H12BrNO2/c1-8(7-14)13-11(15)6-9-3-2-4-10(12)5-9/h2-5,7-8H,6H2,1H3,(H,13,15)/t8-/m0/s1. The first-order valence-corrected chi connectivity index (χ1v) is 5.40. The van der Waals surface area contributed by atoms with Crippen molar-refractivity contribution in [1.82, 2.24) is 5.32 Å². The summed E-state index contributed by atoms with van der Waals surface area (Å²) in [6, 6.07) is 7.09. The molecule has 0 spiro atoms. The van der Waals surface area contributed by atoms with Crippen molar-refractivity contribution in [3.8, 4) is 0 Å². The summed E-state index contributed by atoms with van der Waals surface area (Å²) in [6.07, 6.45) is 0.996.